The van der Waals surface area contributed by atoms with E-state index in [0.717, 1.165) is 12.0 Å². The minimum Gasteiger partial charge on any atom is -0.394 e. The first-order valence-electron chi connectivity index (χ1n) is 6.84. The molecule has 4 heteroatoms. The standard InChI is InChI=1S/C15H22N2O2/c1-11-7-8-17(14(11)10-18)15(19)13(16)9-12-5-3-2-4-6-12/h2-6,11,13-14,18H,7-10,16H2,1H3. The van der Waals surface area contributed by atoms with Crippen LogP contribution in [0, 0.1) is 5.92 Å². The molecule has 0 saturated carbocycles. The van der Waals surface area contributed by atoms with Crippen LogP contribution >= 0.6 is 0 Å². The molecular weight excluding hydrogens is 240 g/mol. The number of rotatable bonds is 4. The first kappa shape index (κ1) is 14.0. The van der Waals surface area contributed by atoms with Crippen molar-refractivity contribution in [3.05, 3.63) is 35.9 Å². The number of aliphatic hydroxyl groups excluding tert-OH is 1. The number of aliphatic hydroxyl groups is 1. The van der Waals surface area contributed by atoms with E-state index in [9.17, 15) is 9.90 Å². The number of nitrogens with two attached hydrogens (primary N) is 1. The SMILES string of the molecule is CC1CCN(C(=O)C(N)Cc2ccccc2)C1CO. The third-order valence-electron chi connectivity index (χ3n) is 3.97. The molecule has 3 atom stereocenters. The molecule has 0 spiro atoms. The summed E-state index contributed by atoms with van der Waals surface area (Å²) in [5, 5.41) is 9.39. The molecule has 1 aromatic carbocycles. The second kappa shape index (κ2) is 6.17. The lowest BCUT2D eigenvalue weighted by molar-refractivity contribution is -0.134. The largest absolute Gasteiger partial charge is 0.394 e. The normalized spacial score (nSPS) is 24.5. The fourth-order valence-electron chi connectivity index (χ4n) is 2.73. The summed E-state index contributed by atoms with van der Waals surface area (Å²) in [7, 11) is 0. The molecule has 19 heavy (non-hydrogen) atoms. The molecule has 3 unspecified atom stereocenters. The van der Waals surface area contributed by atoms with Crippen LogP contribution in [-0.4, -0.2) is 41.1 Å². The Morgan fingerprint density at radius 3 is 2.79 bits per heavy atom. The highest BCUT2D eigenvalue weighted by molar-refractivity contribution is 5.82. The lowest BCUT2D eigenvalue weighted by Crippen LogP contribution is -2.48. The van der Waals surface area contributed by atoms with Crippen LogP contribution in [0.1, 0.15) is 18.9 Å². The lowest BCUT2D eigenvalue weighted by Gasteiger charge is -2.27. The zero-order chi connectivity index (χ0) is 13.8. The van der Waals surface area contributed by atoms with Crippen molar-refractivity contribution in [1.29, 1.82) is 0 Å². The molecule has 1 heterocycles. The third-order valence-corrected chi connectivity index (χ3v) is 3.97. The van der Waals surface area contributed by atoms with E-state index >= 15 is 0 Å². The Hall–Kier alpha value is -1.39. The summed E-state index contributed by atoms with van der Waals surface area (Å²) in [5.74, 6) is 0.296. The molecule has 1 amide bonds. The first-order valence-corrected chi connectivity index (χ1v) is 6.84. The van der Waals surface area contributed by atoms with Crippen LogP contribution in [0.4, 0.5) is 0 Å². The van der Waals surface area contributed by atoms with Crippen LogP contribution in [0.2, 0.25) is 0 Å². The van der Waals surface area contributed by atoms with Gasteiger partial charge in [-0.1, -0.05) is 37.3 Å². The number of benzene rings is 1. The van der Waals surface area contributed by atoms with Gasteiger partial charge in [0, 0.05) is 6.54 Å². The number of likely N-dealkylation sites (tertiary alicyclic amines) is 1. The van der Waals surface area contributed by atoms with Gasteiger partial charge in [0.05, 0.1) is 18.7 Å². The summed E-state index contributed by atoms with van der Waals surface area (Å²) >= 11 is 0. The quantitative estimate of drug-likeness (QED) is 0.843. The van der Waals surface area contributed by atoms with Gasteiger partial charge in [-0.3, -0.25) is 4.79 Å². The molecule has 0 aliphatic carbocycles. The van der Waals surface area contributed by atoms with Crippen molar-refractivity contribution in [2.24, 2.45) is 11.7 Å². The number of hydrogen-bond donors (Lipinski definition) is 2. The Kier molecular flexibility index (Phi) is 4.56. The van der Waals surface area contributed by atoms with Crippen molar-refractivity contribution in [3.63, 3.8) is 0 Å². The van der Waals surface area contributed by atoms with Gasteiger partial charge < -0.3 is 15.7 Å². The number of nitrogens with zero attached hydrogens (tertiary/aromatic N) is 1. The predicted molar refractivity (Wildman–Crippen MR) is 74.5 cm³/mol. The van der Waals surface area contributed by atoms with E-state index in [4.69, 9.17) is 5.73 Å². The van der Waals surface area contributed by atoms with E-state index in [2.05, 4.69) is 6.92 Å². The predicted octanol–water partition coefficient (Wildman–Crippen LogP) is 0.786. The Balaban J connectivity index is 1.99. The molecule has 1 aromatic rings. The van der Waals surface area contributed by atoms with E-state index in [0.29, 0.717) is 18.9 Å². The van der Waals surface area contributed by atoms with E-state index in [1.165, 1.54) is 0 Å². The average Bonchev–Trinajstić information content (AvgIpc) is 2.80. The summed E-state index contributed by atoms with van der Waals surface area (Å²) < 4.78 is 0. The van der Waals surface area contributed by atoms with Crippen molar-refractivity contribution in [1.82, 2.24) is 4.90 Å². The molecule has 0 aromatic heterocycles. The number of amides is 1. The summed E-state index contributed by atoms with van der Waals surface area (Å²) in [4.78, 5) is 14.1. The Morgan fingerprint density at radius 1 is 1.47 bits per heavy atom. The van der Waals surface area contributed by atoms with E-state index in [1.807, 2.05) is 30.3 Å². The molecular formula is C15H22N2O2. The van der Waals surface area contributed by atoms with Gasteiger partial charge in [-0.25, -0.2) is 0 Å². The smallest absolute Gasteiger partial charge is 0.240 e. The zero-order valence-corrected chi connectivity index (χ0v) is 11.3. The fraction of sp³-hybridized carbons (Fsp3) is 0.533. The number of carbonyl (C=O) groups is 1. The molecule has 104 valence electrons. The zero-order valence-electron chi connectivity index (χ0n) is 11.3. The fourth-order valence-corrected chi connectivity index (χ4v) is 2.73. The van der Waals surface area contributed by atoms with Crippen molar-refractivity contribution >= 4 is 5.91 Å². The van der Waals surface area contributed by atoms with E-state index < -0.39 is 6.04 Å². The topological polar surface area (TPSA) is 66.6 Å². The molecule has 1 aliphatic rings. The second-order valence-corrected chi connectivity index (χ2v) is 5.34. The molecule has 2 rings (SSSR count). The monoisotopic (exact) mass is 262 g/mol. The molecule has 1 fully saturated rings. The van der Waals surface area contributed by atoms with Gasteiger partial charge in [0.15, 0.2) is 0 Å². The van der Waals surface area contributed by atoms with Crippen molar-refractivity contribution in [2.75, 3.05) is 13.2 Å². The van der Waals surface area contributed by atoms with Gasteiger partial charge in [0.2, 0.25) is 5.91 Å². The Labute approximate surface area is 114 Å². The highest BCUT2D eigenvalue weighted by atomic mass is 16.3. The maximum Gasteiger partial charge on any atom is 0.240 e. The summed E-state index contributed by atoms with van der Waals surface area (Å²) in [6, 6.07) is 9.19. The highest BCUT2D eigenvalue weighted by Crippen LogP contribution is 2.24. The van der Waals surface area contributed by atoms with Crippen LogP contribution in [0.3, 0.4) is 0 Å². The van der Waals surface area contributed by atoms with E-state index in [1.54, 1.807) is 4.90 Å². The van der Waals surface area contributed by atoms with Gasteiger partial charge >= 0.3 is 0 Å². The van der Waals surface area contributed by atoms with Crippen LogP contribution in [0.15, 0.2) is 30.3 Å². The van der Waals surface area contributed by atoms with Crippen LogP contribution < -0.4 is 5.73 Å². The maximum absolute atomic E-state index is 12.4. The minimum atomic E-state index is -0.526. The molecule has 0 bridgehead atoms. The molecule has 4 nitrogen and oxygen atoms in total. The van der Waals surface area contributed by atoms with Gasteiger partial charge in [0.1, 0.15) is 0 Å². The van der Waals surface area contributed by atoms with Gasteiger partial charge in [-0.05, 0) is 24.3 Å². The molecule has 0 radical (unpaired) electrons. The number of hydrogen-bond acceptors (Lipinski definition) is 3. The second-order valence-electron chi connectivity index (χ2n) is 5.34. The first-order chi connectivity index (χ1) is 9.13. The molecule has 1 saturated heterocycles. The summed E-state index contributed by atoms with van der Waals surface area (Å²) in [6.07, 6.45) is 1.48. The maximum atomic E-state index is 12.4. The highest BCUT2D eigenvalue weighted by Gasteiger charge is 2.35. The van der Waals surface area contributed by atoms with Crippen LogP contribution in [0.25, 0.3) is 0 Å². The van der Waals surface area contributed by atoms with Gasteiger partial charge in [0.25, 0.3) is 0 Å². The third kappa shape index (κ3) is 3.14. The number of carbonyl (C=O) groups excluding carboxylic acids is 1. The van der Waals surface area contributed by atoms with Crippen LogP contribution in [-0.2, 0) is 11.2 Å². The van der Waals surface area contributed by atoms with Crippen LogP contribution in [0.5, 0.6) is 0 Å². The lowest BCUT2D eigenvalue weighted by atomic mass is 10.0. The Bertz CT molecular complexity index is 421. The summed E-state index contributed by atoms with van der Waals surface area (Å²) in [6.45, 7) is 2.79. The minimum absolute atomic E-state index is 0.0188. The molecule has 1 aliphatic heterocycles. The van der Waals surface area contributed by atoms with Gasteiger partial charge in [-0.15, -0.1) is 0 Å². The van der Waals surface area contributed by atoms with Crippen molar-refractivity contribution < 1.29 is 9.90 Å². The van der Waals surface area contributed by atoms with E-state index in [-0.39, 0.29) is 18.6 Å². The average molecular weight is 262 g/mol. The summed E-state index contributed by atoms with van der Waals surface area (Å²) in [5.41, 5.74) is 7.08. The van der Waals surface area contributed by atoms with Crippen molar-refractivity contribution in [2.45, 2.75) is 31.8 Å². The Morgan fingerprint density at radius 2 is 2.16 bits per heavy atom. The molecule has 3 N–H and O–H groups in total. The van der Waals surface area contributed by atoms with Crippen molar-refractivity contribution in [3.8, 4) is 0 Å². The van der Waals surface area contributed by atoms with Gasteiger partial charge in [-0.2, -0.15) is 0 Å².